The lowest BCUT2D eigenvalue weighted by Crippen LogP contribution is -2.03. The Kier molecular flexibility index (Phi) is 4.26. The van der Waals surface area contributed by atoms with Gasteiger partial charge in [-0.2, -0.15) is 0 Å². The van der Waals surface area contributed by atoms with Gasteiger partial charge < -0.3 is 9.52 Å². The highest BCUT2D eigenvalue weighted by atomic mass is 32.1. The van der Waals surface area contributed by atoms with Crippen LogP contribution in [0.5, 0.6) is 0 Å². The number of rotatable bonds is 4. The highest BCUT2D eigenvalue weighted by Crippen LogP contribution is 2.35. The van der Waals surface area contributed by atoms with Crippen LogP contribution in [0, 0.1) is 12.7 Å². The van der Waals surface area contributed by atoms with Gasteiger partial charge in [-0.1, -0.05) is 6.92 Å². The number of furan rings is 1. The van der Waals surface area contributed by atoms with Crippen molar-refractivity contribution in [3.8, 4) is 11.6 Å². The van der Waals surface area contributed by atoms with Crippen molar-refractivity contribution in [3.05, 3.63) is 64.4 Å². The van der Waals surface area contributed by atoms with Gasteiger partial charge in [0, 0.05) is 16.5 Å². The molecular weight excluding hydrogens is 353 g/mol. The van der Waals surface area contributed by atoms with E-state index >= 15 is 0 Å². The maximum atomic E-state index is 14.0. The number of thiophene rings is 1. The van der Waals surface area contributed by atoms with Gasteiger partial charge in [0.2, 0.25) is 0 Å². The zero-order valence-corrected chi connectivity index (χ0v) is 15.0. The topological polar surface area (TPSA) is 72.0 Å². The second-order valence-electron chi connectivity index (χ2n) is 5.90. The molecule has 0 bridgehead atoms. The minimum absolute atomic E-state index is 0.00643. The van der Waals surface area contributed by atoms with Crippen LogP contribution < -0.4 is 0 Å². The van der Waals surface area contributed by atoms with E-state index < -0.39 is 11.9 Å². The molecule has 4 aromatic rings. The zero-order chi connectivity index (χ0) is 18.3. The molecule has 0 radical (unpaired) electrons. The molecule has 0 aromatic carbocycles. The fourth-order valence-electron chi connectivity index (χ4n) is 2.80. The lowest BCUT2D eigenvalue weighted by molar-refractivity contribution is 0.213. The summed E-state index contributed by atoms with van der Waals surface area (Å²) < 4.78 is 19.6. The first-order chi connectivity index (χ1) is 12.6. The Morgan fingerprint density at radius 2 is 2.12 bits per heavy atom. The monoisotopic (exact) mass is 369 g/mol. The van der Waals surface area contributed by atoms with Gasteiger partial charge in [0.25, 0.3) is 0 Å². The number of hydrogen-bond acceptors (Lipinski definition) is 6. The third-order valence-electron chi connectivity index (χ3n) is 4.10. The second-order valence-corrected chi connectivity index (χ2v) is 6.96. The summed E-state index contributed by atoms with van der Waals surface area (Å²) in [6, 6.07) is 8.29. The number of halogens is 1. The van der Waals surface area contributed by atoms with Crippen molar-refractivity contribution >= 4 is 21.6 Å². The van der Waals surface area contributed by atoms with Crippen LogP contribution in [0.15, 0.2) is 40.9 Å². The summed E-state index contributed by atoms with van der Waals surface area (Å²) in [5.41, 5.74) is 0.863. The first-order valence-electron chi connectivity index (χ1n) is 8.22. The van der Waals surface area contributed by atoms with E-state index in [1.165, 1.54) is 29.7 Å². The number of aromatic nitrogens is 3. The van der Waals surface area contributed by atoms with E-state index in [2.05, 4.69) is 15.0 Å². The number of aliphatic hydroxyl groups excluding tert-OH is 1. The number of nitrogens with zero attached hydrogens (tertiary/aromatic N) is 3. The highest BCUT2D eigenvalue weighted by molar-refractivity contribution is 7.18. The number of hydrogen-bond donors (Lipinski definition) is 1. The molecule has 5 nitrogen and oxygen atoms in total. The summed E-state index contributed by atoms with van der Waals surface area (Å²) in [6.07, 6.45) is 1.02. The first-order valence-corrected chi connectivity index (χ1v) is 9.04. The van der Waals surface area contributed by atoms with Crippen molar-refractivity contribution < 1.29 is 13.9 Å². The minimum Gasteiger partial charge on any atom is -0.458 e. The molecular formula is C19H16FN3O2S. The van der Waals surface area contributed by atoms with Crippen molar-refractivity contribution in [2.45, 2.75) is 26.4 Å². The summed E-state index contributed by atoms with van der Waals surface area (Å²) >= 11 is 1.30. The normalized spacial score (nSPS) is 12.6. The smallest absolute Gasteiger partial charge is 0.197 e. The van der Waals surface area contributed by atoms with E-state index in [1.54, 1.807) is 0 Å². The Hall–Kier alpha value is -2.64. The molecule has 4 rings (SSSR count). The van der Waals surface area contributed by atoms with Crippen LogP contribution in [0.2, 0.25) is 0 Å². The van der Waals surface area contributed by atoms with Gasteiger partial charge >= 0.3 is 0 Å². The van der Waals surface area contributed by atoms with E-state index in [9.17, 15) is 9.50 Å². The predicted molar refractivity (Wildman–Crippen MR) is 97.5 cm³/mol. The quantitative estimate of drug-likeness (QED) is 0.576. The molecule has 4 aromatic heterocycles. The van der Waals surface area contributed by atoms with Crippen molar-refractivity contribution in [1.29, 1.82) is 0 Å². The van der Waals surface area contributed by atoms with E-state index in [0.29, 0.717) is 22.9 Å². The molecule has 0 aliphatic rings. The molecule has 0 saturated carbocycles. The molecule has 0 saturated heterocycles. The van der Waals surface area contributed by atoms with Crippen LogP contribution in [0.3, 0.4) is 0 Å². The molecule has 0 fully saturated rings. The number of aryl methyl sites for hydroxylation is 2. The lowest BCUT2D eigenvalue weighted by Gasteiger charge is -2.07. The van der Waals surface area contributed by atoms with Crippen molar-refractivity contribution in [2.24, 2.45) is 0 Å². The van der Waals surface area contributed by atoms with E-state index in [4.69, 9.17) is 4.42 Å². The molecule has 0 aliphatic carbocycles. The van der Waals surface area contributed by atoms with Gasteiger partial charge in [-0.05, 0) is 43.7 Å². The van der Waals surface area contributed by atoms with Gasteiger partial charge in [0.1, 0.15) is 28.2 Å². The van der Waals surface area contributed by atoms with Crippen LogP contribution in [0.4, 0.5) is 4.39 Å². The van der Waals surface area contributed by atoms with Gasteiger partial charge in [0.15, 0.2) is 11.6 Å². The van der Waals surface area contributed by atoms with Crippen molar-refractivity contribution in [2.75, 3.05) is 0 Å². The average molecular weight is 369 g/mol. The maximum Gasteiger partial charge on any atom is 0.197 e. The number of aliphatic hydroxyl groups is 1. The van der Waals surface area contributed by atoms with Crippen LogP contribution in [-0.2, 0) is 6.42 Å². The molecule has 0 aliphatic heterocycles. The van der Waals surface area contributed by atoms with Crippen LogP contribution in [0.25, 0.3) is 21.8 Å². The molecule has 0 amide bonds. The van der Waals surface area contributed by atoms with Gasteiger partial charge in [-0.3, -0.25) is 4.98 Å². The van der Waals surface area contributed by atoms with Gasteiger partial charge in [-0.25, -0.2) is 14.4 Å². The molecule has 0 spiro atoms. The number of pyridine rings is 1. The van der Waals surface area contributed by atoms with Gasteiger partial charge in [-0.15, -0.1) is 11.3 Å². The van der Waals surface area contributed by atoms with Gasteiger partial charge in [0.05, 0.1) is 5.69 Å². The maximum absolute atomic E-state index is 14.0. The predicted octanol–water partition coefficient (Wildman–Crippen LogP) is 4.44. The summed E-state index contributed by atoms with van der Waals surface area (Å²) in [4.78, 5) is 14.4. The number of fused-ring (bicyclic) bond motifs is 1. The van der Waals surface area contributed by atoms with E-state index in [-0.39, 0.29) is 5.69 Å². The molecule has 1 N–H and O–H groups in total. The zero-order valence-electron chi connectivity index (χ0n) is 14.2. The molecule has 7 heteroatoms. The summed E-state index contributed by atoms with van der Waals surface area (Å²) in [5.74, 6) is 1.36. The molecule has 132 valence electrons. The second kappa shape index (κ2) is 6.59. The third kappa shape index (κ3) is 2.89. The van der Waals surface area contributed by atoms with Crippen LogP contribution in [-0.4, -0.2) is 20.1 Å². The minimum atomic E-state index is -1.14. The summed E-state index contributed by atoms with van der Waals surface area (Å²) in [6.45, 7) is 3.87. The molecule has 1 unspecified atom stereocenters. The lowest BCUT2D eigenvalue weighted by atomic mass is 10.1. The Balaban J connectivity index is 1.83. The average Bonchev–Trinajstić information content (AvgIpc) is 3.26. The Morgan fingerprint density at radius 3 is 2.81 bits per heavy atom. The van der Waals surface area contributed by atoms with Crippen LogP contribution >= 0.6 is 11.3 Å². The Labute approximate surface area is 153 Å². The molecule has 26 heavy (non-hydrogen) atoms. The summed E-state index contributed by atoms with van der Waals surface area (Å²) in [7, 11) is 0. The molecule has 4 heterocycles. The first kappa shape index (κ1) is 16.8. The Morgan fingerprint density at radius 1 is 1.27 bits per heavy atom. The largest absolute Gasteiger partial charge is 0.458 e. The van der Waals surface area contributed by atoms with E-state index in [0.717, 1.165) is 21.7 Å². The van der Waals surface area contributed by atoms with Crippen molar-refractivity contribution in [1.82, 2.24) is 15.0 Å². The van der Waals surface area contributed by atoms with E-state index in [1.807, 2.05) is 32.0 Å². The SMILES string of the molecule is CCc1nc(-c2ccc(C)o2)nc2sc(C(O)c3ncccc3F)cc12. The standard InChI is InChI=1S/C19H16FN3O2S/c1-3-13-11-9-15(17(24)16-12(20)5-4-8-21-16)26-19(11)23-18(22-13)14-7-6-10(2)25-14/h4-9,17,24H,3H2,1-2H3. The fraction of sp³-hybridized carbons (Fsp3) is 0.211. The Bertz CT molecular complexity index is 1090. The third-order valence-corrected chi connectivity index (χ3v) is 5.18. The fourth-order valence-corrected chi connectivity index (χ4v) is 3.84. The summed E-state index contributed by atoms with van der Waals surface area (Å²) in [5, 5.41) is 11.4. The molecule has 1 atom stereocenters. The van der Waals surface area contributed by atoms with Crippen LogP contribution in [0.1, 0.15) is 35.1 Å². The van der Waals surface area contributed by atoms with Crippen molar-refractivity contribution in [3.63, 3.8) is 0 Å². The highest BCUT2D eigenvalue weighted by Gasteiger charge is 2.21.